The van der Waals surface area contributed by atoms with Gasteiger partial charge in [0.1, 0.15) is 5.75 Å². The van der Waals surface area contributed by atoms with Crippen LogP contribution in [0.2, 0.25) is 0 Å². The maximum atomic E-state index is 12.7. The third-order valence-electron chi connectivity index (χ3n) is 5.18. The molecule has 0 heterocycles. The van der Waals surface area contributed by atoms with Crippen molar-refractivity contribution in [2.75, 3.05) is 4.72 Å². The number of ether oxygens (including phenoxy) is 1. The summed E-state index contributed by atoms with van der Waals surface area (Å²) in [5.41, 5.74) is -0.160. The second-order valence-corrected chi connectivity index (χ2v) is 10.1. The van der Waals surface area contributed by atoms with Crippen molar-refractivity contribution in [2.24, 2.45) is 0 Å². The summed E-state index contributed by atoms with van der Waals surface area (Å²) in [7, 11) is -4.06. The predicted octanol–water partition coefficient (Wildman–Crippen LogP) is 5.53. The van der Waals surface area contributed by atoms with E-state index in [1.165, 1.54) is 13.8 Å². The minimum Gasteiger partial charge on any atom is -0.478 e. The van der Waals surface area contributed by atoms with E-state index in [9.17, 15) is 26.4 Å². The molecule has 3 aromatic rings. The molecule has 3 aromatic carbocycles. The molecule has 0 aromatic heterocycles. The van der Waals surface area contributed by atoms with Gasteiger partial charge in [0, 0.05) is 5.69 Å². The van der Waals surface area contributed by atoms with E-state index in [-0.39, 0.29) is 4.90 Å². The molecule has 0 saturated heterocycles. The number of alkyl halides is 3. The molecule has 2 N–H and O–H groups in total. The van der Waals surface area contributed by atoms with Crippen LogP contribution in [0.15, 0.2) is 77.7 Å². The number of nitrogens with one attached hydrogen (secondary N) is 1. The highest BCUT2D eigenvalue weighted by Gasteiger charge is 2.31. The number of carboxylic acids is 1. The molecule has 0 saturated carbocycles. The van der Waals surface area contributed by atoms with Gasteiger partial charge in [0.15, 0.2) is 5.60 Å². The summed E-state index contributed by atoms with van der Waals surface area (Å²) >= 11 is 0. The second-order valence-electron chi connectivity index (χ2n) is 8.39. The molecule has 0 aliphatic heterocycles. The standard InChI is InChI=1S/C25H24F3NO5S/c1-24(2,23(30)31)34-21-12-8-17(9-13-21)6-7-18-4-3-5-20(16-18)29-35(32,33)22-14-10-19(11-15-22)25(26,27)28/h3-5,8-16,29H,6-7H2,1-2H3,(H,30,31). The maximum Gasteiger partial charge on any atom is 0.416 e. The Balaban J connectivity index is 1.63. The van der Waals surface area contributed by atoms with Crippen molar-refractivity contribution >= 4 is 21.7 Å². The zero-order valence-electron chi connectivity index (χ0n) is 19.0. The minimum atomic E-state index is -4.55. The summed E-state index contributed by atoms with van der Waals surface area (Å²) in [5.74, 6) is -0.642. The average Bonchev–Trinajstić information content (AvgIpc) is 2.78. The molecule has 0 bridgehead atoms. The van der Waals surface area contributed by atoms with Crippen LogP contribution in [-0.4, -0.2) is 25.1 Å². The van der Waals surface area contributed by atoms with Gasteiger partial charge in [-0.3, -0.25) is 4.72 Å². The Morgan fingerprint density at radius 3 is 2.09 bits per heavy atom. The van der Waals surface area contributed by atoms with Gasteiger partial charge in [0.2, 0.25) is 0 Å². The number of carboxylic acid groups (broad SMARTS) is 1. The number of hydrogen-bond donors (Lipinski definition) is 2. The monoisotopic (exact) mass is 507 g/mol. The molecule has 0 atom stereocenters. The van der Waals surface area contributed by atoms with Gasteiger partial charge in [0.05, 0.1) is 10.5 Å². The molecular weight excluding hydrogens is 483 g/mol. The van der Waals surface area contributed by atoms with Crippen LogP contribution in [0.4, 0.5) is 18.9 Å². The van der Waals surface area contributed by atoms with Gasteiger partial charge in [-0.05, 0) is 86.3 Å². The molecule has 0 unspecified atom stereocenters. The number of anilines is 1. The van der Waals surface area contributed by atoms with Crippen LogP contribution in [0, 0.1) is 0 Å². The van der Waals surface area contributed by atoms with Gasteiger partial charge in [-0.2, -0.15) is 13.2 Å². The molecule has 0 fully saturated rings. The predicted molar refractivity (Wildman–Crippen MR) is 125 cm³/mol. The Morgan fingerprint density at radius 1 is 0.914 bits per heavy atom. The highest BCUT2D eigenvalue weighted by molar-refractivity contribution is 7.92. The zero-order chi connectivity index (χ0) is 25.9. The van der Waals surface area contributed by atoms with Gasteiger partial charge in [0.25, 0.3) is 10.0 Å². The van der Waals surface area contributed by atoms with Crippen LogP contribution in [-0.2, 0) is 33.8 Å². The van der Waals surface area contributed by atoms with E-state index in [0.29, 0.717) is 24.3 Å². The van der Waals surface area contributed by atoms with Crippen molar-refractivity contribution in [1.82, 2.24) is 0 Å². The van der Waals surface area contributed by atoms with Gasteiger partial charge < -0.3 is 9.84 Å². The quantitative estimate of drug-likeness (QED) is 0.397. The van der Waals surface area contributed by atoms with Crippen molar-refractivity contribution in [3.63, 3.8) is 0 Å². The SMILES string of the molecule is CC(C)(Oc1ccc(CCc2cccc(NS(=O)(=O)c3ccc(C(F)(F)F)cc3)c2)cc1)C(=O)O. The van der Waals surface area contributed by atoms with Crippen LogP contribution in [0.5, 0.6) is 5.75 Å². The molecule has 10 heteroatoms. The number of hydrogen-bond acceptors (Lipinski definition) is 4. The number of benzene rings is 3. The van der Waals surface area contributed by atoms with Crippen LogP contribution in [0.25, 0.3) is 0 Å². The van der Waals surface area contributed by atoms with Crippen molar-refractivity contribution in [3.8, 4) is 5.75 Å². The molecule has 0 aliphatic carbocycles. The third kappa shape index (κ3) is 6.98. The number of halogens is 3. The first kappa shape index (κ1) is 26.1. The number of aliphatic carboxylic acids is 1. The van der Waals surface area contributed by atoms with Crippen molar-refractivity contribution < 1.29 is 36.2 Å². The highest BCUT2D eigenvalue weighted by atomic mass is 32.2. The lowest BCUT2D eigenvalue weighted by Crippen LogP contribution is -2.37. The van der Waals surface area contributed by atoms with E-state index < -0.39 is 33.3 Å². The summed E-state index contributed by atoms with van der Waals surface area (Å²) in [6.45, 7) is 2.92. The Hall–Kier alpha value is -3.53. The van der Waals surface area contributed by atoms with Crippen molar-refractivity contribution in [2.45, 2.75) is 43.4 Å². The first-order valence-corrected chi connectivity index (χ1v) is 12.0. The Bertz CT molecular complexity index is 1290. The number of aryl methyl sites for hydroxylation is 2. The Morgan fingerprint density at radius 2 is 1.51 bits per heavy atom. The summed E-state index contributed by atoms with van der Waals surface area (Å²) in [6.07, 6.45) is -3.32. The van der Waals surface area contributed by atoms with E-state index in [2.05, 4.69) is 4.72 Å². The lowest BCUT2D eigenvalue weighted by molar-refractivity contribution is -0.152. The average molecular weight is 508 g/mol. The maximum absolute atomic E-state index is 12.7. The van der Waals surface area contributed by atoms with Crippen molar-refractivity contribution in [3.05, 3.63) is 89.5 Å². The molecule has 0 radical (unpaired) electrons. The van der Waals surface area contributed by atoms with E-state index in [1.54, 1.807) is 30.3 Å². The zero-order valence-corrected chi connectivity index (χ0v) is 19.8. The van der Waals surface area contributed by atoms with Crippen LogP contribution >= 0.6 is 0 Å². The van der Waals surface area contributed by atoms with E-state index in [1.807, 2.05) is 18.2 Å². The van der Waals surface area contributed by atoms with Gasteiger partial charge in [-0.15, -0.1) is 0 Å². The minimum absolute atomic E-state index is 0.274. The molecule has 35 heavy (non-hydrogen) atoms. The normalized spacial score (nSPS) is 12.3. The highest BCUT2D eigenvalue weighted by Crippen LogP contribution is 2.30. The molecule has 3 rings (SSSR count). The van der Waals surface area contributed by atoms with E-state index in [0.717, 1.165) is 35.4 Å². The summed E-state index contributed by atoms with van der Waals surface area (Å²) < 4.78 is 71.2. The van der Waals surface area contributed by atoms with Crippen molar-refractivity contribution in [1.29, 1.82) is 0 Å². The Labute approximate surface area is 201 Å². The fraction of sp³-hybridized carbons (Fsp3) is 0.240. The fourth-order valence-corrected chi connectivity index (χ4v) is 4.23. The Kier molecular flexibility index (Phi) is 7.44. The number of sulfonamides is 1. The summed E-state index contributed by atoms with van der Waals surface area (Å²) in [4.78, 5) is 10.9. The molecule has 186 valence electrons. The number of carbonyl (C=O) groups is 1. The van der Waals surface area contributed by atoms with Crippen LogP contribution < -0.4 is 9.46 Å². The molecule has 0 spiro atoms. The van der Waals surface area contributed by atoms with Gasteiger partial charge in [-0.1, -0.05) is 24.3 Å². The van der Waals surface area contributed by atoms with Crippen LogP contribution in [0.3, 0.4) is 0 Å². The molecule has 6 nitrogen and oxygen atoms in total. The lowest BCUT2D eigenvalue weighted by Gasteiger charge is -2.21. The molecule has 0 amide bonds. The summed E-state index contributed by atoms with van der Waals surface area (Å²) in [6, 6.07) is 17.1. The molecule has 0 aliphatic rings. The smallest absolute Gasteiger partial charge is 0.416 e. The number of rotatable bonds is 9. The fourth-order valence-electron chi connectivity index (χ4n) is 3.18. The topological polar surface area (TPSA) is 92.7 Å². The van der Waals surface area contributed by atoms with Crippen LogP contribution in [0.1, 0.15) is 30.5 Å². The van der Waals surface area contributed by atoms with Gasteiger partial charge >= 0.3 is 12.1 Å². The third-order valence-corrected chi connectivity index (χ3v) is 6.58. The molecular formula is C25H24F3NO5S. The van der Waals surface area contributed by atoms with E-state index >= 15 is 0 Å². The lowest BCUT2D eigenvalue weighted by atomic mass is 10.0. The first-order valence-electron chi connectivity index (χ1n) is 10.6. The van der Waals surface area contributed by atoms with E-state index in [4.69, 9.17) is 9.84 Å². The largest absolute Gasteiger partial charge is 0.478 e. The van der Waals surface area contributed by atoms with Gasteiger partial charge in [-0.25, -0.2) is 13.2 Å². The second kappa shape index (κ2) is 9.99. The first-order chi connectivity index (χ1) is 16.3. The summed E-state index contributed by atoms with van der Waals surface area (Å²) in [5, 5.41) is 9.16.